The van der Waals surface area contributed by atoms with E-state index in [9.17, 15) is 5.11 Å². The smallest absolute Gasteiger partial charge is 0.184 e. The fraction of sp³-hybridized carbons (Fsp3) is 0.571. The third kappa shape index (κ3) is 4.48. The summed E-state index contributed by atoms with van der Waals surface area (Å²) in [5.74, 6) is 0. The van der Waals surface area contributed by atoms with Gasteiger partial charge in [-0.3, -0.25) is 0 Å². The molecule has 0 radical (unpaired) electrons. The Labute approximate surface area is 121 Å². The SMILES string of the molecule is CPOCC(O)OC1COC(c2ccccc2)OC1C. The second-order valence-electron chi connectivity index (χ2n) is 4.56. The summed E-state index contributed by atoms with van der Waals surface area (Å²) in [7, 11) is 0.331. The minimum Gasteiger partial charge on any atom is -0.366 e. The van der Waals surface area contributed by atoms with E-state index < -0.39 is 6.29 Å². The average molecular weight is 300 g/mol. The van der Waals surface area contributed by atoms with E-state index in [-0.39, 0.29) is 25.1 Å². The topological polar surface area (TPSA) is 57.2 Å². The van der Waals surface area contributed by atoms with E-state index in [0.717, 1.165) is 5.56 Å². The van der Waals surface area contributed by atoms with Gasteiger partial charge in [-0.1, -0.05) is 30.3 Å². The van der Waals surface area contributed by atoms with Gasteiger partial charge in [-0.2, -0.15) is 0 Å². The van der Waals surface area contributed by atoms with Crippen molar-refractivity contribution in [3.05, 3.63) is 35.9 Å². The normalized spacial score (nSPS) is 28.9. The minimum absolute atomic E-state index is 0.160. The monoisotopic (exact) mass is 300 g/mol. The minimum atomic E-state index is -0.949. The Hall–Kier alpha value is -0.550. The molecule has 1 aromatic carbocycles. The number of hydrogen-bond acceptors (Lipinski definition) is 5. The third-order valence-electron chi connectivity index (χ3n) is 3.05. The average Bonchev–Trinajstić information content (AvgIpc) is 2.48. The molecule has 1 aromatic rings. The Bertz CT molecular complexity index is 388. The second kappa shape index (κ2) is 8.03. The predicted octanol–water partition coefficient (Wildman–Crippen LogP) is 2.06. The van der Waals surface area contributed by atoms with Gasteiger partial charge in [0.2, 0.25) is 0 Å². The van der Waals surface area contributed by atoms with E-state index in [0.29, 0.717) is 15.4 Å². The van der Waals surface area contributed by atoms with Crippen LogP contribution >= 0.6 is 8.81 Å². The summed E-state index contributed by atoms with van der Waals surface area (Å²) >= 11 is 0. The second-order valence-corrected chi connectivity index (χ2v) is 5.26. The lowest BCUT2D eigenvalue weighted by Crippen LogP contribution is -2.43. The number of benzene rings is 1. The van der Waals surface area contributed by atoms with E-state index in [1.54, 1.807) is 0 Å². The Morgan fingerprint density at radius 3 is 2.80 bits per heavy atom. The lowest BCUT2D eigenvalue weighted by Gasteiger charge is -2.35. The molecule has 0 amide bonds. The number of hydrogen-bond donors (Lipinski definition) is 1. The molecule has 5 atom stereocenters. The molecule has 0 saturated carbocycles. The number of ether oxygens (including phenoxy) is 3. The molecule has 0 spiro atoms. The molecule has 0 bridgehead atoms. The van der Waals surface area contributed by atoms with Crippen LogP contribution in [0.4, 0.5) is 0 Å². The van der Waals surface area contributed by atoms with E-state index in [1.807, 2.05) is 43.9 Å². The van der Waals surface area contributed by atoms with Crippen LogP contribution in [0.1, 0.15) is 18.8 Å². The van der Waals surface area contributed by atoms with Gasteiger partial charge in [0, 0.05) is 14.4 Å². The van der Waals surface area contributed by atoms with E-state index in [1.165, 1.54) is 0 Å². The summed E-state index contributed by atoms with van der Waals surface area (Å²) in [6.07, 6.45) is -1.78. The largest absolute Gasteiger partial charge is 0.366 e. The van der Waals surface area contributed by atoms with Crippen molar-refractivity contribution in [2.45, 2.75) is 31.7 Å². The van der Waals surface area contributed by atoms with Crippen molar-refractivity contribution < 1.29 is 23.8 Å². The first-order chi connectivity index (χ1) is 9.70. The van der Waals surface area contributed by atoms with Crippen LogP contribution in [0.3, 0.4) is 0 Å². The summed E-state index contributed by atoms with van der Waals surface area (Å²) < 4.78 is 22.1. The highest BCUT2D eigenvalue weighted by Crippen LogP contribution is 2.27. The molecule has 1 heterocycles. The Morgan fingerprint density at radius 2 is 2.15 bits per heavy atom. The van der Waals surface area contributed by atoms with Crippen LogP contribution in [0.2, 0.25) is 0 Å². The molecular weight excluding hydrogens is 279 g/mol. The molecule has 1 fully saturated rings. The maximum atomic E-state index is 9.68. The highest BCUT2D eigenvalue weighted by atomic mass is 31.1. The zero-order chi connectivity index (χ0) is 14.4. The van der Waals surface area contributed by atoms with E-state index in [4.69, 9.17) is 18.7 Å². The Balaban J connectivity index is 1.83. The molecule has 0 aromatic heterocycles. The summed E-state index contributed by atoms with van der Waals surface area (Å²) in [5.41, 5.74) is 0.980. The molecule has 20 heavy (non-hydrogen) atoms. The zero-order valence-corrected chi connectivity index (χ0v) is 12.7. The summed E-state index contributed by atoms with van der Waals surface area (Å²) in [5, 5.41) is 9.68. The first kappa shape index (κ1) is 15.8. The van der Waals surface area contributed by atoms with Gasteiger partial charge in [0.25, 0.3) is 0 Å². The maximum Gasteiger partial charge on any atom is 0.184 e. The van der Waals surface area contributed by atoms with Crippen molar-refractivity contribution in [2.24, 2.45) is 0 Å². The standard InChI is InChI=1S/C14H21O5P/c1-10-12(19-13(15)9-17-20-2)8-16-14(18-10)11-6-4-3-5-7-11/h3-7,10,12-15,20H,8-9H2,1-2H3. The molecule has 6 heteroatoms. The molecule has 0 aliphatic carbocycles. The van der Waals surface area contributed by atoms with Gasteiger partial charge in [0.05, 0.1) is 12.7 Å². The van der Waals surface area contributed by atoms with Gasteiger partial charge in [-0.15, -0.1) is 0 Å². The molecule has 1 N–H and O–H groups in total. The lowest BCUT2D eigenvalue weighted by atomic mass is 10.1. The molecular formula is C14H21O5P. The first-order valence-corrected chi connectivity index (χ1v) is 8.05. The number of rotatable bonds is 6. The highest BCUT2D eigenvalue weighted by molar-refractivity contribution is 7.31. The van der Waals surface area contributed by atoms with Crippen molar-refractivity contribution in [1.82, 2.24) is 0 Å². The predicted molar refractivity (Wildman–Crippen MR) is 76.8 cm³/mol. The van der Waals surface area contributed by atoms with Gasteiger partial charge in [-0.05, 0) is 13.6 Å². The van der Waals surface area contributed by atoms with Crippen molar-refractivity contribution in [2.75, 3.05) is 19.9 Å². The van der Waals surface area contributed by atoms with Crippen LogP contribution in [0.25, 0.3) is 0 Å². The first-order valence-electron chi connectivity index (χ1n) is 6.64. The van der Waals surface area contributed by atoms with Gasteiger partial charge in [-0.25, -0.2) is 0 Å². The summed E-state index contributed by atoms with van der Waals surface area (Å²) in [6, 6.07) is 9.77. The number of aliphatic hydroxyl groups excluding tert-OH is 1. The van der Waals surface area contributed by atoms with Crippen LogP contribution in [-0.4, -0.2) is 43.5 Å². The van der Waals surface area contributed by atoms with Crippen LogP contribution < -0.4 is 0 Å². The van der Waals surface area contributed by atoms with Gasteiger partial charge in [0.1, 0.15) is 12.7 Å². The van der Waals surface area contributed by atoms with Crippen molar-refractivity contribution in [1.29, 1.82) is 0 Å². The van der Waals surface area contributed by atoms with Gasteiger partial charge >= 0.3 is 0 Å². The molecule has 1 saturated heterocycles. The molecule has 5 nitrogen and oxygen atoms in total. The fourth-order valence-corrected chi connectivity index (χ4v) is 2.28. The molecule has 1 aliphatic heterocycles. The number of aliphatic hydroxyl groups is 1. The van der Waals surface area contributed by atoms with Crippen LogP contribution in [-0.2, 0) is 18.7 Å². The van der Waals surface area contributed by atoms with E-state index in [2.05, 4.69) is 0 Å². The maximum absolute atomic E-state index is 9.68. The zero-order valence-electron chi connectivity index (χ0n) is 11.7. The molecule has 112 valence electrons. The van der Waals surface area contributed by atoms with E-state index >= 15 is 0 Å². The van der Waals surface area contributed by atoms with Gasteiger partial charge < -0.3 is 23.8 Å². The molecule has 2 rings (SSSR count). The quantitative estimate of drug-likeness (QED) is 0.644. The molecule has 5 unspecified atom stereocenters. The fourth-order valence-electron chi connectivity index (χ4n) is 1.97. The van der Waals surface area contributed by atoms with Crippen LogP contribution in [0.15, 0.2) is 30.3 Å². The Morgan fingerprint density at radius 1 is 1.40 bits per heavy atom. The molecule has 1 aliphatic rings. The van der Waals surface area contributed by atoms with Crippen LogP contribution in [0, 0.1) is 0 Å². The van der Waals surface area contributed by atoms with Crippen molar-refractivity contribution in [3.63, 3.8) is 0 Å². The van der Waals surface area contributed by atoms with Crippen molar-refractivity contribution in [3.8, 4) is 0 Å². The lowest BCUT2D eigenvalue weighted by molar-refractivity contribution is -0.287. The summed E-state index contributed by atoms with van der Waals surface area (Å²) in [6.45, 7) is 4.36. The Kier molecular flexibility index (Phi) is 6.36. The van der Waals surface area contributed by atoms with Crippen molar-refractivity contribution >= 4 is 8.81 Å². The summed E-state index contributed by atoms with van der Waals surface area (Å²) in [4.78, 5) is 0. The van der Waals surface area contributed by atoms with Crippen LogP contribution in [0.5, 0.6) is 0 Å². The van der Waals surface area contributed by atoms with Gasteiger partial charge in [0.15, 0.2) is 12.6 Å². The highest BCUT2D eigenvalue weighted by Gasteiger charge is 2.31. The third-order valence-corrected chi connectivity index (χ3v) is 3.50.